The Morgan fingerprint density at radius 2 is 1.05 bits per heavy atom. The van der Waals surface area contributed by atoms with Crippen molar-refractivity contribution in [3.63, 3.8) is 0 Å². The second-order valence-corrected chi connectivity index (χ2v) is 4.42. The van der Waals surface area contributed by atoms with Gasteiger partial charge in [0.1, 0.15) is 0 Å². The minimum atomic E-state index is 0. The van der Waals surface area contributed by atoms with E-state index in [2.05, 4.69) is 34.9 Å². The van der Waals surface area contributed by atoms with E-state index in [4.69, 9.17) is 12.2 Å². The van der Waals surface area contributed by atoms with Crippen LogP contribution in [0.2, 0.25) is 0 Å². The van der Waals surface area contributed by atoms with Gasteiger partial charge in [0.05, 0.1) is 0 Å². The van der Waals surface area contributed by atoms with Crippen LogP contribution in [0.1, 0.15) is 11.1 Å². The van der Waals surface area contributed by atoms with Gasteiger partial charge < -0.3 is 35.4 Å². The molecule has 2 nitrogen and oxygen atoms in total. The van der Waals surface area contributed by atoms with Gasteiger partial charge in [0.2, 0.25) is 0 Å². The Morgan fingerprint density at radius 3 is 1.40 bits per heavy atom. The Bertz CT molecular complexity index is 446. The zero-order valence-corrected chi connectivity index (χ0v) is 13.2. The van der Waals surface area contributed by atoms with Crippen molar-refractivity contribution in [2.24, 2.45) is 0 Å². The zero-order valence-electron chi connectivity index (χ0n) is 10.9. The standard InChI is InChI=1S/C15H16N2S.2ClH/c18-15(16-11-13-7-3-1-4-8-13)17-12-14-9-5-2-6-10-14;;/h1-10H,11-12H2,(H2,16,17,18);2*1H/p-2. The van der Waals surface area contributed by atoms with E-state index < -0.39 is 0 Å². The molecule has 0 bridgehead atoms. The molecular weight excluding hydrogens is 311 g/mol. The van der Waals surface area contributed by atoms with Crippen LogP contribution in [-0.4, -0.2) is 5.11 Å². The van der Waals surface area contributed by atoms with E-state index >= 15 is 0 Å². The Balaban J connectivity index is 0.00000180. The highest BCUT2D eigenvalue weighted by Gasteiger charge is 1.96. The molecule has 5 heteroatoms. The van der Waals surface area contributed by atoms with Crippen molar-refractivity contribution in [1.82, 2.24) is 10.6 Å². The second kappa shape index (κ2) is 10.5. The molecule has 0 saturated carbocycles. The lowest BCUT2D eigenvalue weighted by Crippen LogP contribution is -3.00. The predicted molar refractivity (Wildman–Crippen MR) is 79.2 cm³/mol. The van der Waals surface area contributed by atoms with E-state index in [-0.39, 0.29) is 24.8 Å². The largest absolute Gasteiger partial charge is 1.00 e. The third-order valence-corrected chi connectivity index (χ3v) is 2.88. The lowest BCUT2D eigenvalue weighted by atomic mass is 10.2. The van der Waals surface area contributed by atoms with E-state index in [1.54, 1.807) is 0 Å². The van der Waals surface area contributed by atoms with E-state index in [0.29, 0.717) is 5.11 Å². The lowest BCUT2D eigenvalue weighted by Gasteiger charge is -2.10. The molecule has 108 valence electrons. The Kier molecular flexibility index (Phi) is 9.82. The smallest absolute Gasteiger partial charge is 0.166 e. The summed E-state index contributed by atoms with van der Waals surface area (Å²) in [5.74, 6) is 0. The molecular formula is C15H16Cl2N2S-2. The van der Waals surface area contributed by atoms with Crippen LogP contribution in [0.4, 0.5) is 0 Å². The van der Waals surface area contributed by atoms with Gasteiger partial charge in [-0.15, -0.1) is 0 Å². The molecule has 0 aliphatic heterocycles. The molecule has 2 aromatic rings. The molecule has 0 aromatic heterocycles. The van der Waals surface area contributed by atoms with Gasteiger partial charge in [-0.1, -0.05) is 60.7 Å². The van der Waals surface area contributed by atoms with Crippen LogP contribution in [0.5, 0.6) is 0 Å². The number of halogens is 2. The highest BCUT2D eigenvalue weighted by molar-refractivity contribution is 7.80. The normalized spacial score (nSPS) is 8.80. The molecule has 2 N–H and O–H groups in total. The third-order valence-electron chi connectivity index (χ3n) is 2.59. The van der Waals surface area contributed by atoms with Gasteiger partial charge in [-0.05, 0) is 23.3 Å². The molecule has 0 aliphatic carbocycles. The summed E-state index contributed by atoms with van der Waals surface area (Å²) in [7, 11) is 0. The summed E-state index contributed by atoms with van der Waals surface area (Å²) in [4.78, 5) is 0. The van der Waals surface area contributed by atoms with E-state index in [1.807, 2.05) is 36.4 Å². The zero-order chi connectivity index (χ0) is 12.6. The number of rotatable bonds is 4. The van der Waals surface area contributed by atoms with Crippen molar-refractivity contribution in [2.75, 3.05) is 0 Å². The molecule has 0 spiro atoms. The monoisotopic (exact) mass is 326 g/mol. The van der Waals surface area contributed by atoms with E-state index in [0.717, 1.165) is 13.1 Å². The highest BCUT2D eigenvalue weighted by Crippen LogP contribution is 1.98. The Hall–Kier alpha value is -1.29. The summed E-state index contributed by atoms with van der Waals surface area (Å²) >= 11 is 5.23. The molecule has 0 fully saturated rings. The molecule has 0 heterocycles. The minimum absolute atomic E-state index is 0. The van der Waals surface area contributed by atoms with Gasteiger partial charge in [0, 0.05) is 13.1 Å². The van der Waals surface area contributed by atoms with Crippen molar-refractivity contribution in [2.45, 2.75) is 13.1 Å². The van der Waals surface area contributed by atoms with Crippen molar-refractivity contribution < 1.29 is 24.8 Å². The molecule has 2 rings (SSSR count). The summed E-state index contributed by atoms with van der Waals surface area (Å²) in [5, 5.41) is 7.06. The van der Waals surface area contributed by atoms with Gasteiger partial charge in [-0.25, -0.2) is 0 Å². The Morgan fingerprint density at radius 1 is 0.700 bits per heavy atom. The fourth-order valence-corrected chi connectivity index (χ4v) is 1.76. The maximum atomic E-state index is 5.23. The first-order valence-corrected chi connectivity index (χ1v) is 6.35. The summed E-state index contributed by atoms with van der Waals surface area (Å²) < 4.78 is 0. The van der Waals surface area contributed by atoms with Crippen LogP contribution in [0, 0.1) is 0 Å². The number of nitrogens with one attached hydrogen (secondary N) is 2. The predicted octanol–water partition coefficient (Wildman–Crippen LogP) is -3.14. The molecule has 0 radical (unpaired) electrons. The number of hydrogen-bond acceptors (Lipinski definition) is 1. The second-order valence-electron chi connectivity index (χ2n) is 4.01. The summed E-state index contributed by atoms with van der Waals surface area (Å²) in [6.45, 7) is 1.50. The van der Waals surface area contributed by atoms with Crippen LogP contribution in [-0.2, 0) is 13.1 Å². The first-order chi connectivity index (χ1) is 8.84. The molecule has 0 unspecified atom stereocenters. The van der Waals surface area contributed by atoms with Gasteiger partial charge in [-0.2, -0.15) is 0 Å². The van der Waals surface area contributed by atoms with Crippen LogP contribution < -0.4 is 35.4 Å². The SMILES string of the molecule is S=C(NCc1ccccc1)NCc1ccccc1.[Cl-].[Cl-]. The van der Waals surface area contributed by atoms with E-state index in [9.17, 15) is 0 Å². The van der Waals surface area contributed by atoms with E-state index in [1.165, 1.54) is 11.1 Å². The molecule has 2 aromatic carbocycles. The van der Waals surface area contributed by atoms with Crippen LogP contribution in [0.3, 0.4) is 0 Å². The topological polar surface area (TPSA) is 24.1 Å². The summed E-state index contributed by atoms with van der Waals surface area (Å²) in [6, 6.07) is 20.4. The quantitative estimate of drug-likeness (QED) is 0.581. The molecule has 0 amide bonds. The van der Waals surface area contributed by atoms with Gasteiger partial charge in [-0.3, -0.25) is 0 Å². The van der Waals surface area contributed by atoms with Gasteiger partial charge >= 0.3 is 0 Å². The molecule has 20 heavy (non-hydrogen) atoms. The molecule has 0 saturated heterocycles. The molecule has 0 atom stereocenters. The maximum Gasteiger partial charge on any atom is 0.166 e. The fourth-order valence-electron chi connectivity index (χ4n) is 1.62. The van der Waals surface area contributed by atoms with Crippen molar-refractivity contribution in [3.05, 3.63) is 71.8 Å². The fraction of sp³-hybridized carbons (Fsp3) is 0.133. The third kappa shape index (κ3) is 6.75. The average Bonchev–Trinajstić information content (AvgIpc) is 2.45. The van der Waals surface area contributed by atoms with Gasteiger partial charge in [0.15, 0.2) is 5.11 Å². The highest BCUT2D eigenvalue weighted by atomic mass is 35.5. The number of benzene rings is 2. The van der Waals surface area contributed by atoms with Crippen LogP contribution in [0.15, 0.2) is 60.7 Å². The van der Waals surface area contributed by atoms with Crippen molar-refractivity contribution in [1.29, 1.82) is 0 Å². The first-order valence-electron chi connectivity index (χ1n) is 5.94. The van der Waals surface area contributed by atoms with Crippen LogP contribution in [0.25, 0.3) is 0 Å². The number of thiocarbonyl (C=S) groups is 1. The first kappa shape index (κ1) is 18.7. The van der Waals surface area contributed by atoms with Crippen LogP contribution >= 0.6 is 12.2 Å². The van der Waals surface area contributed by atoms with Crippen molar-refractivity contribution >= 4 is 17.3 Å². The Labute approximate surface area is 137 Å². The lowest BCUT2D eigenvalue weighted by molar-refractivity contribution is -0.001000. The average molecular weight is 327 g/mol. The van der Waals surface area contributed by atoms with Crippen molar-refractivity contribution in [3.8, 4) is 0 Å². The summed E-state index contributed by atoms with van der Waals surface area (Å²) in [5.41, 5.74) is 2.45. The van der Waals surface area contributed by atoms with Gasteiger partial charge in [0.25, 0.3) is 0 Å². The molecule has 0 aliphatic rings. The minimum Gasteiger partial charge on any atom is -1.00 e. The maximum absolute atomic E-state index is 5.23. The number of hydrogen-bond donors (Lipinski definition) is 2. The summed E-state index contributed by atoms with van der Waals surface area (Å²) in [6.07, 6.45) is 0.